The minimum absolute atomic E-state index is 0.00107. The Balaban J connectivity index is 2.00. The highest BCUT2D eigenvalue weighted by Crippen LogP contribution is 2.14. The standard InChI is InChI=1S/C18H20O3/c19-12-15(13-20)7-6-14-8-10-17(11-9-14)18(21)16-4-2-1-3-5-16/h1-5,8-11,15,19-20H,6-7,12-13H2. The van der Waals surface area contributed by atoms with Crippen molar-refractivity contribution in [3.05, 3.63) is 71.3 Å². The maximum Gasteiger partial charge on any atom is 0.193 e. The van der Waals surface area contributed by atoms with Gasteiger partial charge in [-0.05, 0) is 18.4 Å². The van der Waals surface area contributed by atoms with Crippen molar-refractivity contribution < 1.29 is 15.0 Å². The topological polar surface area (TPSA) is 57.5 Å². The van der Waals surface area contributed by atoms with Crippen molar-refractivity contribution >= 4 is 5.78 Å². The molecule has 3 nitrogen and oxygen atoms in total. The molecule has 0 unspecified atom stereocenters. The monoisotopic (exact) mass is 284 g/mol. The molecule has 2 aromatic carbocycles. The van der Waals surface area contributed by atoms with E-state index in [1.807, 2.05) is 54.6 Å². The average Bonchev–Trinajstić information content (AvgIpc) is 2.56. The predicted molar refractivity (Wildman–Crippen MR) is 82.3 cm³/mol. The molecule has 21 heavy (non-hydrogen) atoms. The van der Waals surface area contributed by atoms with Crippen LogP contribution in [-0.2, 0) is 6.42 Å². The molecule has 0 heterocycles. The number of ketones is 1. The molecule has 0 aliphatic carbocycles. The van der Waals surface area contributed by atoms with Crippen LogP contribution in [0.4, 0.5) is 0 Å². The van der Waals surface area contributed by atoms with Gasteiger partial charge in [0.1, 0.15) is 0 Å². The second-order valence-electron chi connectivity index (χ2n) is 5.16. The van der Waals surface area contributed by atoms with Crippen molar-refractivity contribution in [1.82, 2.24) is 0 Å². The normalized spacial score (nSPS) is 10.8. The number of carbonyl (C=O) groups excluding carboxylic acids is 1. The number of carbonyl (C=O) groups is 1. The molecule has 0 atom stereocenters. The highest BCUT2D eigenvalue weighted by Gasteiger charge is 2.09. The van der Waals surface area contributed by atoms with Crippen LogP contribution in [0.2, 0.25) is 0 Å². The van der Waals surface area contributed by atoms with Crippen LogP contribution in [0.25, 0.3) is 0 Å². The van der Waals surface area contributed by atoms with E-state index in [9.17, 15) is 4.79 Å². The molecule has 0 saturated heterocycles. The number of benzene rings is 2. The van der Waals surface area contributed by atoms with E-state index in [0.29, 0.717) is 11.1 Å². The lowest BCUT2D eigenvalue weighted by molar-refractivity contribution is 0.103. The Hall–Kier alpha value is -1.97. The van der Waals surface area contributed by atoms with E-state index in [-0.39, 0.29) is 24.9 Å². The van der Waals surface area contributed by atoms with E-state index in [4.69, 9.17) is 10.2 Å². The molecule has 0 fully saturated rings. The highest BCUT2D eigenvalue weighted by molar-refractivity contribution is 6.08. The molecule has 0 aliphatic rings. The molecule has 0 spiro atoms. The molecule has 0 saturated carbocycles. The number of hydrogen-bond acceptors (Lipinski definition) is 3. The van der Waals surface area contributed by atoms with Crippen LogP contribution in [-0.4, -0.2) is 29.2 Å². The van der Waals surface area contributed by atoms with Gasteiger partial charge in [-0.2, -0.15) is 0 Å². The maximum atomic E-state index is 12.3. The Bertz CT molecular complexity index is 557. The molecule has 2 aromatic rings. The summed E-state index contributed by atoms with van der Waals surface area (Å²) < 4.78 is 0. The fraction of sp³-hybridized carbons (Fsp3) is 0.278. The summed E-state index contributed by atoms with van der Waals surface area (Å²) in [7, 11) is 0. The number of aryl methyl sites for hydroxylation is 1. The number of aliphatic hydroxyl groups is 2. The molecular weight excluding hydrogens is 264 g/mol. The molecule has 3 heteroatoms. The van der Waals surface area contributed by atoms with Crippen LogP contribution in [0.5, 0.6) is 0 Å². The van der Waals surface area contributed by atoms with Crippen molar-refractivity contribution in [2.24, 2.45) is 5.92 Å². The number of hydrogen-bond donors (Lipinski definition) is 2. The quantitative estimate of drug-likeness (QED) is 0.768. The zero-order valence-corrected chi connectivity index (χ0v) is 11.9. The molecule has 0 bridgehead atoms. The van der Waals surface area contributed by atoms with Gasteiger partial charge in [0, 0.05) is 30.3 Å². The lowest BCUT2D eigenvalue weighted by Crippen LogP contribution is -2.11. The SMILES string of the molecule is O=C(c1ccccc1)c1ccc(CCC(CO)CO)cc1. The van der Waals surface area contributed by atoms with E-state index in [1.54, 1.807) is 0 Å². The molecule has 0 radical (unpaired) electrons. The van der Waals surface area contributed by atoms with Crippen molar-refractivity contribution in [3.8, 4) is 0 Å². The highest BCUT2D eigenvalue weighted by atomic mass is 16.3. The van der Waals surface area contributed by atoms with E-state index < -0.39 is 0 Å². The molecule has 2 rings (SSSR count). The van der Waals surface area contributed by atoms with Gasteiger partial charge in [-0.3, -0.25) is 4.79 Å². The Morgan fingerprint density at radius 2 is 1.43 bits per heavy atom. The van der Waals surface area contributed by atoms with E-state index in [0.717, 1.165) is 18.4 Å². The fourth-order valence-electron chi connectivity index (χ4n) is 2.19. The van der Waals surface area contributed by atoms with E-state index in [2.05, 4.69) is 0 Å². The molecule has 0 amide bonds. The summed E-state index contributed by atoms with van der Waals surface area (Å²) in [6, 6.07) is 16.7. The van der Waals surface area contributed by atoms with Gasteiger partial charge in [-0.25, -0.2) is 0 Å². The van der Waals surface area contributed by atoms with Crippen LogP contribution in [0, 0.1) is 5.92 Å². The van der Waals surface area contributed by atoms with Crippen LogP contribution in [0.1, 0.15) is 27.9 Å². The third-order valence-electron chi connectivity index (χ3n) is 3.61. The van der Waals surface area contributed by atoms with Crippen LogP contribution >= 0.6 is 0 Å². The van der Waals surface area contributed by atoms with Gasteiger partial charge in [-0.1, -0.05) is 54.6 Å². The average molecular weight is 284 g/mol. The van der Waals surface area contributed by atoms with Gasteiger partial charge in [-0.15, -0.1) is 0 Å². The lowest BCUT2D eigenvalue weighted by atomic mass is 9.98. The summed E-state index contributed by atoms with van der Waals surface area (Å²) in [6.45, 7) is 0.00214. The zero-order chi connectivity index (χ0) is 15.1. The first kappa shape index (κ1) is 15.4. The van der Waals surface area contributed by atoms with Crippen molar-refractivity contribution in [2.75, 3.05) is 13.2 Å². The molecular formula is C18H20O3. The first-order valence-electron chi connectivity index (χ1n) is 7.15. The van der Waals surface area contributed by atoms with Gasteiger partial charge >= 0.3 is 0 Å². The molecule has 110 valence electrons. The second kappa shape index (κ2) is 7.72. The molecule has 0 aromatic heterocycles. The van der Waals surface area contributed by atoms with Gasteiger partial charge in [0.25, 0.3) is 0 Å². The largest absolute Gasteiger partial charge is 0.396 e. The Morgan fingerprint density at radius 1 is 0.857 bits per heavy atom. The summed E-state index contributed by atoms with van der Waals surface area (Å²) in [4.78, 5) is 12.3. The van der Waals surface area contributed by atoms with Crippen LogP contribution in [0.3, 0.4) is 0 Å². The number of rotatable bonds is 7. The lowest BCUT2D eigenvalue weighted by Gasteiger charge is -2.10. The van der Waals surface area contributed by atoms with Gasteiger partial charge in [0.2, 0.25) is 0 Å². The van der Waals surface area contributed by atoms with Gasteiger partial charge < -0.3 is 10.2 Å². The van der Waals surface area contributed by atoms with E-state index >= 15 is 0 Å². The van der Waals surface area contributed by atoms with Gasteiger partial charge in [0.15, 0.2) is 5.78 Å². The minimum atomic E-state index is -0.0735. The maximum absolute atomic E-state index is 12.3. The third kappa shape index (κ3) is 4.25. The molecule has 0 aliphatic heterocycles. The Labute approximate surface area is 124 Å². The predicted octanol–water partition coefficient (Wildman–Crippen LogP) is 2.45. The third-order valence-corrected chi connectivity index (χ3v) is 3.61. The number of aliphatic hydroxyl groups excluding tert-OH is 2. The second-order valence-corrected chi connectivity index (χ2v) is 5.16. The Kier molecular flexibility index (Phi) is 5.67. The summed E-state index contributed by atoms with van der Waals surface area (Å²) in [5, 5.41) is 18.1. The first-order valence-corrected chi connectivity index (χ1v) is 7.15. The summed E-state index contributed by atoms with van der Waals surface area (Å²) in [5.41, 5.74) is 2.46. The van der Waals surface area contributed by atoms with E-state index in [1.165, 1.54) is 0 Å². The smallest absolute Gasteiger partial charge is 0.193 e. The minimum Gasteiger partial charge on any atom is -0.396 e. The van der Waals surface area contributed by atoms with Crippen LogP contribution < -0.4 is 0 Å². The zero-order valence-electron chi connectivity index (χ0n) is 11.9. The fourth-order valence-corrected chi connectivity index (χ4v) is 2.19. The summed E-state index contributed by atoms with van der Waals surface area (Å²) >= 11 is 0. The summed E-state index contributed by atoms with van der Waals surface area (Å²) in [6.07, 6.45) is 1.52. The van der Waals surface area contributed by atoms with Gasteiger partial charge in [0.05, 0.1) is 0 Å². The van der Waals surface area contributed by atoms with Crippen molar-refractivity contribution in [1.29, 1.82) is 0 Å². The Morgan fingerprint density at radius 3 is 2.00 bits per heavy atom. The summed E-state index contributed by atoms with van der Waals surface area (Å²) in [5.74, 6) is -0.0543. The molecule has 2 N–H and O–H groups in total. The van der Waals surface area contributed by atoms with Crippen molar-refractivity contribution in [3.63, 3.8) is 0 Å². The van der Waals surface area contributed by atoms with Crippen LogP contribution in [0.15, 0.2) is 54.6 Å². The van der Waals surface area contributed by atoms with Crippen molar-refractivity contribution in [2.45, 2.75) is 12.8 Å². The first-order chi connectivity index (χ1) is 10.2.